The van der Waals surface area contributed by atoms with Crippen molar-refractivity contribution in [3.8, 4) is 0 Å². The highest BCUT2D eigenvalue weighted by molar-refractivity contribution is 5.67. The first-order chi connectivity index (χ1) is 18.4. The third-order valence-corrected chi connectivity index (χ3v) is 4.46. The van der Waals surface area contributed by atoms with E-state index in [4.69, 9.17) is 47.4 Å². The summed E-state index contributed by atoms with van der Waals surface area (Å²) in [7, 11) is 1.68. The minimum Gasteiger partial charge on any atom is -0.444 e. The van der Waals surface area contributed by atoms with Crippen molar-refractivity contribution in [3.05, 3.63) is 0 Å². The van der Waals surface area contributed by atoms with Crippen molar-refractivity contribution in [1.29, 1.82) is 0 Å². The van der Waals surface area contributed by atoms with Crippen LogP contribution < -0.4 is 0 Å². The van der Waals surface area contributed by atoms with E-state index in [1.165, 1.54) is 4.90 Å². The van der Waals surface area contributed by atoms with Gasteiger partial charge in [0.05, 0.1) is 112 Å². The average Bonchev–Trinajstić information content (AvgIpc) is 2.87. The summed E-state index contributed by atoms with van der Waals surface area (Å²) in [4.78, 5) is 13.3. The maximum Gasteiger partial charge on any atom is 0.410 e. The van der Waals surface area contributed by atoms with E-state index in [1.807, 2.05) is 27.7 Å². The molecular weight excluding hydrogens is 502 g/mol. The molecule has 0 unspecified atom stereocenters. The molecule has 0 radical (unpaired) electrons. The fraction of sp³-hybridized carbons (Fsp3) is 0.962. The largest absolute Gasteiger partial charge is 0.444 e. The molecule has 0 saturated heterocycles. The maximum absolute atomic E-state index is 11.8. The van der Waals surface area contributed by atoms with Gasteiger partial charge >= 0.3 is 6.09 Å². The first-order valence-corrected chi connectivity index (χ1v) is 13.5. The summed E-state index contributed by atoms with van der Waals surface area (Å²) in [6, 6.07) is 0. The van der Waals surface area contributed by atoms with Gasteiger partial charge in [-0.15, -0.1) is 0 Å². The van der Waals surface area contributed by atoms with Gasteiger partial charge in [0.25, 0.3) is 0 Å². The van der Waals surface area contributed by atoms with Gasteiger partial charge in [0, 0.05) is 20.2 Å². The lowest BCUT2D eigenvalue weighted by Gasteiger charge is -2.24. The van der Waals surface area contributed by atoms with Crippen LogP contribution in [-0.2, 0) is 47.4 Å². The molecule has 0 aromatic carbocycles. The van der Waals surface area contributed by atoms with Crippen molar-refractivity contribution < 1.29 is 52.2 Å². The molecule has 12 nitrogen and oxygen atoms in total. The number of hydrogen-bond acceptors (Lipinski definition) is 11. The molecule has 0 heterocycles. The Morgan fingerprint density at radius 2 is 0.763 bits per heavy atom. The van der Waals surface area contributed by atoms with Crippen LogP contribution in [0.5, 0.6) is 0 Å². The Balaban J connectivity index is 3.16. The molecule has 0 aliphatic heterocycles. The minimum absolute atomic E-state index is 0.361. The number of hydrogen-bond donors (Lipinski definition) is 0. The van der Waals surface area contributed by atoms with E-state index in [1.54, 1.807) is 7.05 Å². The quantitative estimate of drug-likeness (QED) is 0.132. The average molecular weight is 556 g/mol. The second-order valence-corrected chi connectivity index (χ2v) is 9.00. The van der Waals surface area contributed by atoms with E-state index in [2.05, 4.69) is 0 Å². The molecule has 0 atom stereocenters. The number of ether oxygens (including phenoxy) is 10. The summed E-state index contributed by atoms with van der Waals surface area (Å²) in [6.45, 7) is 17.4. The van der Waals surface area contributed by atoms with Gasteiger partial charge < -0.3 is 52.3 Å². The first kappa shape index (κ1) is 36.9. The van der Waals surface area contributed by atoms with Crippen LogP contribution >= 0.6 is 0 Å². The summed E-state index contributed by atoms with van der Waals surface area (Å²) < 4.78 is 53.9. The smallest absolute Gasteiger partial charge is 0.410 e. The van der Waals surface area contributed by atoms with E-state index < -0.39 is 5.60 Å². The van der Waals surface area contributed by atoms with Crippen molar-refractivity contribution in [1.82, 2.24) is 4.90 Å². The van der Waals surface area contributed by atoms with Gasteiger partial charge in [0.1, 0.15) is 5.60 Å². The lowest BCUT2D eigenvalue weighted by Crippen LogP contribution is -2.36. The molecule has 0 spiro atoms. The predicted molar refractivity (Wildman–Crippen MR) is 142 cm³/mol. The third kappa shape index (κ3) is 29.5. The van der Waals surface area contributed by atoms with Crippen molar-refractivity contribution in [2.45, 2.75) is 33.3 Å². The van der Waals surface area contributed by atoms with Crippen LogP contribution in [0.2, 0.25) is 0 Å². The van der Waals surface area contributed by atoms with Gasteiger partial charge in [-0.2, -0.15) is 0 Å². The molecule has 0 fully saturated rings. The van der Waals surface area contributed by atoms with Gasteiger partial charge in [-0.05, 0) is 27.7 Å². The standard InChI is InChI=1S/C26H53NO11/c1-6-29-9-10-31-13-14-33-17-18-35-21-22-37-24-23-36-20-19-34-16-15-32-12-11-30-8-7-27(5)25(28)38-26(2,3)4/h6-24H2,1-5H3. The second-order valence-electron chi connectivity index (χ2n) is 9.00. The zero-order chi connectivity index (χ0) is 28.2. The number of nitrogens with zero attached hydrogens (tertiary/aromatic N) is 1. The summed E-state index contributed by atoms with van der Waals surface area (Å²) >= 11 is 0. The Bertz CT molecular complexity index is 506. The molecule has 0 aliphatic rings. The lowest BCUT2D eigenvalue weighted by atomic mass is 10.2. The van der Waals surface area contributed by atoms with Crippen LogP contribution in [0.4, 0.5) is 4.79 Å². The number of rotatable bonds is 28. The molecule has 228 valence electrons. The number of carbonyl (C=O) groups excluding carboxylic acids is 1. The van der Waals surface area contributed by atoms with Crippen molar-refractivity contribution >= 4 is 6.09 Å². The van der Waals surface area contributed by atoms with Crippen LogP contribution in [0.1, 0.15) is 27.7 Å². The Morgan fingerprint density at radius 3 is 1.03 bits per heavy atom. The van der Waals surface area contributed by atoms with E-state index in [0.717, 1.165) is 0 Å². The van der Waals surface area contributed by atoms with E-state index >= 15 is 0 Å². The SMILES string of the molecule is CCOCCOCCOCCOCCOCCOCCOCCOCCOCCN(C)C(=O)OC(C)(C)C. The Labute approximate surface area is 229 Å². The molecule has 0 bridgehead atoms. The molecule has 0 aliphatic carbocycles. The van der Waals surface area contributed by atoms with Crippen LogP contribution in [0.15, 0.2) is 0 Å². The van der Waals surface area contributed by atoms with Crippen molar-refractivity contribution in [3.63, 3.8) is 0 Å². The van der Waals surface area contributed by atoms with Crippen LogP contribution in [0.25, 0.3) is 0 Å². The van der Waals surface area contributed by atoms with Gasteiger partial charge in [0.15, 0.2) is 0 Å². The summed E-state index contributed by atoms with van der Waals surface area (Å²) in [5.74, 6) is 0. The maximum atomic E-state index is 11.8. The molecule has 12 heteroatoms. The van der Waals surface area contributed by atoms with Crippen LogP contribution in [-0.4, -0.2) is 149 Å². The second kappa shape index (κ2) is 27.5. The van der Waals surface area contributed by atoms with Gasteiger partial charge in [-0.3, -0.25) is 0 Å². The highest BCUT2D eigenvalue weighted by Crippen LogP contribution is 2.08. The monoisotopic (exact) mass is 555 g/mol. The zero-order valence-electron chi connectivity index (χ0n) is 24.4. The van der Waals surface area contributed by atoms with Gasteiger partial charge in [-0.1, -0.05) is 0 Å². The Kier molecular flexibility index (Phi) is 26.7. The Morgan fingerprint density at radius 1 is 0.500 bits per heavy atom. The molecule has 0 saturated carbocycles. The molecule has 1 amide bonds. The summed E-state index contributed by atoms with van der Waals surface area (Å²) in [5.41, 5.74) is -0.504. The summed E-state index contributed by atoms with van der Waals surface area (Å²) in [6.07, 6.45) is -0.361. The van der Waals surface area contributed by atoms with E-state index in [0.29, 0.717) is 125 Å². The number of likely N-dealkylation sites (N-methyl/N-ethyl adjacent to an activating group) is 1. The Hall–Kier alpha value is -1.09. The highest BCUT2D eigenvalue weighted by Gasteiger charge is 2.19. The van der Waals surface area contributed by atoms with Crippen molar-refractivity contribution in [2.24, 2.45) is 0 Å². The number of carbonyl (C=O) groups is 1. The number of amides is 1. The third-order valence-electron chi connectivity index (χ3n) is 4.46. The van der Waals surface area contributed by atoms with Gasteiger partial charge in [0.2, 0.25) is 0 Å². The van der Waals surface area contributed by atoms with Gasteiger partial charge in [-0.25, -0.2) is 4.79 Å². The summed E-state index contributed by atoms with van der Waals surface area (Å²) in [5, 5.41) is 0. The van der Waals surface area contributed by atoms with E-state index in [9.17, 15) is 4.79 Å². The minimum atomic E-state index is -0.504. The fourth-order valence-corrected chi connectivity index (χ4v) is 2.54. The molecule has 0 N–H and O–H groups in total. The van der Waals surface area contributed by atoms with Crippen LogP contribution in [0.3, 0.4) is 0 Å². The molecule has 0 rings (SSSR count). The fourth-order valence-electron chi connectivity index (χ4n) is 2.54. The molecule has 38 heavy (non-hydrogen) atoms. The van der Waals surface area contributed by atoms with Crippen molar-refractivity contribution in [2.75, 3.05) is 133 Å². The lowest BCUT2D eigenvalue weighted by molar-refractivity contribution is -0.0252. The highest BCUT2D eigenvalue weighted by atomic mass is 16.6. The van der Waals surface area contributed by atoms with E-state index in [-0.39, 0.29) is 6.09 Å². The van der Waals surface area contributed by atoms with Crippen LogP contribution in [0, 0.1) is 0 Å². The first-order valence-electron chi connectivity index (χ1n) is 13.5. The normalized spacial score (nSPS) is 11.7. The predicted octanol–water partition coefficient (Wildman–Crippen LogP) is 2.02. The topological polar surface area (TPSA) is 113 Å². The molecule has 0 aromatic rings. The molecule has 0 aromatic heterocycles. The zero-order valence-corrected chi connectivity index (χ0v) is 24.4. The molecular formula is C26H53NO11.